The Kier molecular flexibility index (Phi) is 5.14. The highest BCUT2D eigenvalue weighted by Gasteiger charge is 2.27. The van der Waals surface area contributed by atoms with Crippen LogP contribution in [0.3, 0.4) is 0 Å². The molecule has 10 heteroatoms. The Labute approximate surface area is 187 Å². The van der Waals surface area contributed by atoms with Crippen LogP contribution < -0.4 is 4.90 Å². The van der Waals surface area contributed by atoms with Gasteiger partial charge in [0, 0.05) is 29.4 Å². The maximum Gasteiger partial charge on any atom is 0.342 e. The highest BCUT2D eigenvalue weighted by Crippen LogP contribution is 2.32. The van der Waals surface area contributed by atoms with E-state index in [1.807, 2.05) is 31.4 Å². The average Bonchev–Trinajstić information content (AvgIpc) is 3.55. The molecule has 0 saturated heterocycles. The topological polar surface area (TPSA) is 103 Å². The van der Waals surface area contributed by atoms with Crippen LogP contribution in [-0.2, 0) is 22.4 Å². The molecule has 32 heavy (non-hydrogen) atoms. The van der Waals surface area contributed by atoms with Crippen LogP contribution in [0, 0.1) is 6.92 Å². The third-order valence-electron chi connectivity index (χ3n) is 5.48. The summed E-state index contributed by atoms with van der Waals surface area (Å²) in [7, 11) is 0. The number of amides is 1. The van der Waals surface area contributed by atoms with E-state index in [2.05, 4.69) is 26.1 Å². The highest BCUT2D eigenvalue weighted by atomic mass is 32.1. The highest BCUT2D eigenvalue weighted by molar-refractivity contribution is 7.09. The number of carbonyl (C=O) groups is 2. The molecule has 0 atom stereocenters. The molecule has 0 unspecified atom stereocenters. The van der Waals surface area contributed by atoms with E-state index in [4.69, 9.17) is 4.74 Å². The van der Waals surface area contributed by atoms with Crippen molar-refractivity contribution in [1.29, 1.82) is 0 Å². The monoisotopic (exact) mass is 448 g/mol. The summed E-state index contributed by atoms with van der Waals surface area (Å²) in [6, 6.07) is 5.98. The van der Waals surface area contributed by atoms with Crippen molar-refractivity contribution in [3.05, 3.63) is 57.9 Å². The summed E-state index contributed by atoms with van der Waals surface area (Å²) >= 11 is 1.61. The Hall–Kier alpha value is -3.66. The molecule has 1 aliphatic rings. The lowest BCUT2D eigenvalue weighted by Crippen LogP contribution is -2.33. The summed E-state index contributed by atoms with van der Waals surface area (Å²) in [5.74, 6) is -0.453. The molecule has 0 fully saturated rings. The van der Waals surface area contributed by atoms with Crippen molar-refractivity contribution in [1.82, 2.24) is 24.6 Å². The molecule has 1 amide bonds. The number of benzene rings is 1. The van der Waals surface area contributed by atoms with Gasteiger partial charge in [0.05, 0.1) is 22.0 Å². The number of hydrogen-bond acceptors (Lipinski definition) is 8. The minimum Gasteiger partial charge on any atom is -0.452 e. The van der Waals surface area contributed by atoms with Gasteiger partial charge in [-0.3, -0.25) is 4.79 Å². The summed E-state index contributed by atoms with van der Waals surface area (Å²) in [6.45, 7) is 4.09. The van der Waals surface area contributed by atoms with E-state index >= 15 is 0 Å². The molecule has 4 heterocycles. The Balaban J connectivity index is 1.29. The van der Waals surface area contributed by atoms with Gasteiger partial charge >= 0.3 is 5.97 Å². The van der Waals surface area contributed by atoms with Crippen LogP contribution in [-0.4, -0.2) is 49.6 Å². The van der Waals surface area contributed by atoms with Crippen LogP contribution in [0.15, 0.2) is 36.1 Å². The van der Waals surface area contributed by atoms with Crippen molar-refractivity contribution < 1.29 is 14.3 Å². The molecule has 9 nitrogen and oxygen atoms in total. The number of anilines is 1. The van der Waals surface area contributed by atoms with Crippen LogP contribution in [0.25, 0.3) is 17.0 Å². The van der Waals surface area contributed by atoms with Gasteiger partial charge in [-0.1, -0.05) is 13.0 Å². The standard InChI is InChI=1S/C22H20N6O3S/c1-3-18-16(9-23-22-24-12-25-28(18)22)21(30)31-10-20(29)27-7-6-15-8-14(4-5-19(15)27)17-11-32-13(2)26-17/h4-5,8-9,11-12H,3,6-7,10H2,1-2H3. The summed E-state index contributed by atoms with van der Waals surface area (Å²) < 4.78 is 6.85. The van der Waals surface area contributed by atoms with Crippen LogP contribution >= 0.6 is 11.3 Å². The minimum absolute atomic E-state index is 0.262. The second-order valence-corrected chi connectivity index (χ2v) is 8.47. The number of aromatic nitrogens is 5. The normalized spacial score (nSPS) is 12.9. The Morgan fingerprint density at radius 2 is 2.12 bits per heavy atom. The van der Waals surface area contributed by atoms with Crippen molar-refractivity contribution in [2.24, 2.45) is 0 Å². The molecule has 0 bridgehead atoms. The van der Waals surface area contributed by atoms with Gasteiger partial charge in [0.2, 0.25) is 0 Å². The fourth-order valence-corrected chi connectivity index (χ4v) is 4.56. The van der Waals surface area contributed by atoms with Crippen LogP contribution in [0.2, 0.25) is 0 Å². The number of thiazole rings is 1. The van der Waals surface area contributed by atoms with E-state index in [0.717, 1.165) is 33.9 Å². The first-order chi connectivity index (χ1) is 15.5. The van der Waals surface area contributed by atoms with E-state index in [0.29, 0.717) is 24.4 Å². The van der Waals surface area contributed by atoms with Gasteiger partial charge in [-0.15, -0.1) is 11.3 Å². The predicted molar refractivity (Wildman–Crippen MR) is 119 cm³/mol. The van der Waals surface area contributed by atoms with Crippen molar-refractivity contribution in [3.63, 3.8) is 0 Å². The van der Waals surface area contributed by atoms with Crippen LogP contribution in [0.1, 0.15) is 33.5 Å². The Morgan fingerprint density at radius 3 is 2.91 bits per heavy atom. The predicted octanol–water partition coefficient (Wildman–Crippen LogP) is 2.86. The lowest BCUT2D eigenvalue weighted by molar-refractivity contribution is -0.121. The van der Waals surface area contributed by atoms with Crippen molar-refractivity contribution in [2.45, 2.75) is 26.7 Å². The zero-order valence-corrected chi connectivity index (χ0v) is 18.4. The van der Waals surface area contributed by atoms with E-state index in [1.54, 1.807) is 16.2 Å². The first kappa shape index (κ1) is 20.3. The summed E-state index contributed by atoms with van der Waals surface area (Å²) in [5, 5.41) is 7.15. The zero-order valence-electron chi connectivity index (χ0n) is 17.6. The number of fused-ring (bicyclic) bond motifs is 2. The molecule has 0 N–H and O–H groups in total. The molecule has 0 saturated carbocycles. The summed E-state index contributed by atoms with van der Waals surface area (Å²) in [6.07, 6.45) is 4.09. The number of esters is 1. The largest absolute Gasteiger partial charge is 0.452 e. The van der Waals surface area contributed by atoms with Gasteiger partial charge in [0.1, 0.15) is 6.33 Å². The summed E-state index contributed by atoms with van der Waals surface area (Å²) in [5.41, 5.74) is 4.84. The second kappa shape index (κ2) is 8.12. The molecule has 1 aliphatic heterocycles. The van der Waals surface area contributed by atoms with Gasteiger partial charge in [0.25, 0.3) is 11.7 Å². The number of carbonyl (C=O) groups excluding carboxylic acids is 2. The lowest BCUT2D eigenvalue weighted by Gasteiger charge is -2.17. The summed E-state index contributed by atoms with van der Waals surface area (Å²) in [4.78, 5) is 39.8. The molecule has 0 aliphatic carbocycles. The Morgan fingerprint density at radius 1 is 1.25 bits per heavy atom. The molecule has 0 spiro atoms. The molecule has 1 aromatic carbocycles. The maximum absolute atomic E-state index is 12.8. The van der Waals surface area contributed by atoms with Gasteiger partial charge < -0.3 is 9.64 Å². The number of nitrogens with zero attached hydrogens (tertiary/aromatic N) is 6. The lowest BCUT2D eigenvalue weighted by atomic mass is 10.1. The first-order valence-corrected chi connectivity index (χ1v) is 11.1. The van der Waals surface area contributed by atoms with Gasteiger partial charge in [-0.2, -0.15) is 10.1 Å². The molecule has 5 rings (SSSR count). The first-order valence-electron chi connectivity index (χ1n) is 10.3. The quantitative estimate of drug-likeness (QED) is 0.433. The third-order valence-corrected chi connectivity index (χ3v) is 6.25. The minimum atomic E-state index is -0.603. The van der Waals surface area contributed by atoms with Crippen molar-refractivity contribution in [3.8, 4) is 11.3 Å². The van der Waals surface area contributed by atoms with Gasteiger partial charge in [-0.25, -0.2) is 19.3 Å². The van der Waals surface area contributed by atoms with E-state index < -0.39 is 5.97 Å². The molecule has 3 aromatic heterocycles. The van der Waals surface area contributed by atoms with Crippen molar-refractivity contribution in [2.75, 3.05) is 18.1 Å². The Bertz CT molecular complexity index is 1340. The average molecular weight is 449 g/mol. The number of ether oxygens (including phenoxy) is 1. The van der Waals surface area contributed by atoms with E-state index in [1.165, 1.54) is 17.0 Å². The van der Waals surface area contributed by atoms with Crippen LogP contribution in [0.5, 0.6) is 0 Å². The van der Waals surface area contributed by atoms with E-state index in [-0.39, 0.29) is 18.1 Å². The van der Waals surface area contributed by atoms with Crippen LogP contribution in [0.4, 0.5) is 5.69 Å². The smallest absolute Gasteiger partial charge is 0.342 e. The van der Waals surface area contributed by atoms with Gasteiger partial charge in [0.15, 0.2) is 6.61 Å². The fraction of sp³-hybridized carbons (Fsp3) is 0.273. The maximum atomic E-state index is 12.8. The van der Waals surface area contributed by atoms with E-state index in [9.17, 15) is 9.59 Å². The number of rotatable bonds is 5. The number of aryl methyl sites for hydroxylation is 2. The molecular weight excluding hydrogens is 428 g/mol. The second-order valence-electron chi connectivity index (χ2n) is 7.41. The molecule has 162 valence electrons. The number of hydrogen-bond donors (Lipinski definition) is 0. The van der Waals surface area contributed by atoms with Gasteiger partial charge in [-0.05, 0) is 37.5 Å². The molecular formula is C22H20N6O3S. The SMILES string of the molecule is CCc1c(C(=O)OCC(=O)N2CCc3cc(-c4csc(C)n4)ccc32)cnc2ncnn12. The fourth-order valence-electron chi connectivity index (χ4n) is 3.93. The van der Waals surface area contributed by atoms with Crippen molar-refractivity contribution >= 4 is 34.7 Å². The molecule has 0 radical (unpaired) electrons. The molecule has 4 aromatic rings. The zero-order chi connectivity index (χ0) is 22.2. The third kappa shape index (κ3) is 3.52.